The van der Waals surface area contributed by atoms with E-state index in [1.54, 1.807) is 18.2 Å². The largest absolute Gasteiger partial charge is 0.435 e. The smallest absolute Gasteiger partial charge is 0.344 e. The van der Waals surface area contributed by atoms with Crippen molar-refractivity contribution in [1.29, 1.82) is 0 Å². The van der Waals surface area contributed by atoms with Gasteiger partial charge in [-0.15, -0.1) is 0 Å². The Kier molecular flexibility index (Phi) is 5.51. The lowest BCUT2D eigenvalue weighted by molar-refractivity contribution is -0.141. The highest BCUT2D eigenvalue weighted by atomic mass is 35.5. The molecule has 0 radical (unpaired) electrons. The number of hydrogen-bond donors (Lipinski definition) is 1. The van der Waals surface area contributed by atoms with E-state index in [4.69, 9.17) is 11.6 Å². The average molecular weight is 394 g/mol. The van der Waals surface area contributed by atoms with Crippen LogP contribution >= 0.6 is 11.6 Å². The van der Waals surface area contributed by atoms with Crippen LogP contribution in [0.1, 0.15) is 22.9 Å². The number of carbonyl (C=O) groups is 1. The molecule has 140 valence electrons. The maximum atomic E-state index is 12.6. The van der Waals surface area contributed by atoms with Gasteiger partial charge in [-0.25, -0.2) is 0 Å². The topological polar surface area (TPSA) is 46.9 Å². The van der Waals surface area contributed by atoms with Gasteiger partial charge in [0.15, 0.2) is 5.69 Å². The first-order chi connectivity index (χ1) is 12.8. The van der Waals surface area contributed by atoms with Gasteiger partial charge in [0.1, 0.15) is 6.54 Å². The zero-order valence-electron chi connectivity index (χ0n) is 13.9. The first-order valence-electron chi connectivity index (χ1n) is 8.03. The highest BCUT2D eigenvalue weighted by Crippen LogP contribution is 2.27. The number of aromatic nitrogens is 2. The summed E-state index contributed by atoms with van der Waals surface area (Å²) >= 11 is 6.05. The molecule has 1 unspecified atom stereocenters. The number of benzene rings is 2. The summed E-state index contributed by atoms with van der Waals surface area (Å²) < 4.78 is 38.9. The van der Waals surface area contributed by atoms with Crippen molar-refractivity contribution in [1.82, 2.24) is 15.1 Å². The molecule has 2 aromatic carbocycles. The molecule has 1 amide bonds. The second-order valence-electron chi connectivity index (χ2n) is 5.86. The number of rotatable bonds is 5. The molecule has 8 heteroatoms. The second kappa shape index (κ2) is 7.84. The number of nitrogens with one attached hydrogen (secondary N) is 1. The molecule has 0 aliphatic carbocycles. The molecule has 1 aromatic heterocycles. The molecular formula is C19H15ClF3N3O. The summed E-state index contributed by atoms with van der Waals surface area (Å²) in [5.74, 6) is -0.472. The van der Waals surface area contributed by atoms with Gasteiger partial charge in [-0.05, 0) is 29.3 Å². The van der Waals surface area contributed by atoms with Crippen LogP contribution in [-0.2, 0) is 17.5 Å². The number of halogens is 4. The van der Waals surface area contributed by atoms with E-state index < -0.39 is 23.8 Å². The van der Waals surface area contributed by atoms with Crippen LogP contribution in [0.2, 0.25) is 5.02 Å². The summed E-state index contributed by atoms with van der Waals surface area (Å²) in [6, 6.07) is 16.6. The van der Waals surface area contributed by atoms with Crippen LogP contribution < -0.4 is 5.32 Å². The van der Waals surface area contributed by atoms with Crippen LogP contribution in [0.25, 0.3) is 0 Å². The van der Waals surface area contributed by atoms with E-state index in [1.165, 1.54) is 0 Å². The van der Waals surface area contributed by atoms with E-state index in [9.17, 15) is 18.0 Å². The Hall–Kier alpha value is -2.80. The molecule has 0 saturated carbocycles. The van der Waals surface area contributed by atoms with E-state index in [0.717, 1.165) is 28.1 Å². The third-order valence-electron chi connectivity index (χ3n) is 3.86. The fraction of sp³-hybridized carbons (Fsp3) is 0.158. The Morgan fingerprint density at radius 2 is 1.78 bits per heavy atom. The van der Waals surface area contributed by atoms with Gasteiger partial charge in [0.25, 0.3) is 0 Å². The third-order valence-corrected chi connectivity index (χ3v) is 4.09. The Morgan fingerprint density at radius 3 is 2.41 bits per heavy atom. The van der Waals surface area contributed by atoms with E-state index in [-0.39, 0.29) is 6.54 Å². The summed E-state index contributed by atoms with van der Waals surface area (Å²) in [4.78, 5) is 12.4. The van der Waals surface area contributed by atoms with Gasteiger partial charge in [-0.3, -0.25) is 9.48 Å². The number of hydrogen-bond acceptors (Lipinski definition) is 2. The standard InChI is InChI=1S/C19H15ClF3N3O/c20-15-8-4-7-14(11-15)18(13-5-2-1-3-6-13)24-17(27)12-26-10-9-16(25-26)19(21,22)23/h1-11,18H,12H2,(H,24,27). The van der Waals surface area contributed by atoms with Gasteiger partial charge in [0.2, 0.25) is 5.91 Å². The lowest BCUT2D eigenvalue weighted by Gasteiger charge is -2.20. The van der Waals surface area contributed by atoms with Crippen molar-refractivity contribution in [2.24, 2.45) is 0 Å². The molecule has 3 aromatic rings. The summed E-state index contributed by atoms with van der Waals surface area (Å²) in [7, 11) is 0. The molecule has 0 fully saturated rings. The summed E-state index contributed by atoms with van der Waals surface area (Å²) in [5.41, 5.74) is 0.549. The Labute approximate surface area is 158 Å². The molecule has 27 heavy (non-hydrogen) atoms. The first-order valence-corrected chi connectivity index (χ1v) is 8.41. The molecule has 4 nitrogen and oxygen atoms in total. The molecule has 3 rings (SSSR count). The quantitative estimate of drug-likeness (QED) is 0.695. The number of amides is 1. The first kappa shape index (κ1) is 19.0. The minimum Gasteiger partial charge on any atom is -0.344 e. The highest BCUT2D eigenvalue weighted by Gasteiger charge is 2.33. The minimum atomic E-state index is -4.55. The van der Waals surface area contributed by atoms with E-state index >= 15 is 0 Å². The number of nitrogens with zero attached hydrogens (tertiary/aromatic N) is 2. The van der Waals surface area contributed by atoms with Crippen LogP contribution in [0.15, 0.2) is 66.9 Å². The molecular weight excluding hydrogens is 379 g/mol. The fourth-order valence-electron chi connectivity index (χ4n) is 2.65. The number of alkyl halides is 3. The summed E-state index contributed by atoms with van der Waals surface area (Å²) in [6.45, 7) is -0.333. The summed E-state index contributed by atoms with van der Waals surface area (Å²) in [6.07, 6.45) is -3.42. The SMILES string of the molecule is O=C(Cn1ccc(C(F)(F)F)n1)NC(c1ccccc1)c1cccc(Cl)c1. The number of carbonyl (C=O) groups excluding carboxylic acids is 1. The van der Waals surface area contributed by atoms with Crippen molar-refractivity contribution in [3.8, 4) is 0 Å². The molecule has 0 saturated heterocycles. The predicted octanol–water partition coefficient (Wildman–Crippen LogP) is 4.46. The fourth-order valence-corrected chi connectivity index (χ4v) is 2.84. The van der Waals surface area contributed by atoms with Crippen LogP contribution in [0.4, 0.5) is 13.2 Å². The van der Waals surface area contributed by atoms with Gasteiger partial charge in [-0.2, -0.15) is 18.3 Å². The van der Waals surface area contributed by atoms with Gasteiger partial charge in [0, 0.05) is 11.2 Å². The van der Waals surface area contributed by atoms with Crippen molar-refractivity contribution >= 4 is 17.5 Å². The molecule has 1 heterocycles. The molecule has 0 bridgehead atoms. The molecule has 1 N–H and O–H groups in total. The predicted molar refractivity (Wildman–Crippen MR) is 95.1 cm³/mol. The van der Waals surface area contributed by atoms with E-state index in [1.807, 2.05) is 36.4 Å². The molecule has 0 spiro atoms. The lowest BCUT2D eigenvalue weighted by Crippen LogP contribution is -2.32. The van der Waals surface area contributed by atoms with E-state index in [2.05, 4.69) is 10.4 Å². The van der Waals surface area contributed by atoms with Crippen molar-refractivity contribution in [3.63, 3.8) is 0 Å². The van der Waals surface area contributed by atoms with Gasteiger partial charge < -0.3 is 5.32 Å². The highest BCUT2D eigenvalue weighted by molar-refractivity contribution is 6.30. The normalized spacial score (nSPS) is 12.6. The molecule has 1 atom stereocenters. The van der Waals surface area contributed by atoms with E-state index in [0.29, 0.717) is 5.02 Å². The summed E-state index contributed by atoms with van der Waals surface area (Å²) in [5, 5.41) is 6.75. The molecule has 0 aliphatic rings. The maximum Gasteiger partial charge on any atom is 0.435 e. The van der Waals surface area contributed by atoms with Gasteiger partial charge in [0.05, 0.1) is 6.04 Å². The van der Waals surface area contributed by atoms with Crippen molar-refractivity contribution in [3.05, 3.63) is 88.7 Å². The van der Waals surface area contributed by atoms with Crippen molar-refractivity contribution in [2.45, 2.75) is 18.8 Å². The maximum absolute atomic E-state index is 12.6. The van der Waals surface area contributed by atoms with Crippen molar-refractivity contribution in [2.75, 3.05) is 0 Å². The van der Waals surface area contributed by atoms with Crippen molar-refractivity contribution < 1.29 is 18.0 Å². The monoisotopic (exact) mass is 393 g/mol. The zero-order valence-corrected chi connectivity index (χ0v) is 14.7. The van der Waals surface area contributed by atoms with Gasteiger partial charge in [-0.1, -0.05) is 54.1 Å². The Morgan fingerprint density at radius 1 is 1.07 bits per heavy atom. The van der Waals surface area contributed by atoms with Crippen LogP contribution in [0, 0.1) is 0 Å². The average Bonchev–Trinajstić information content (AvgIpc) is 3.09. The van der Waals surface area contributed by atoms with Gasteiger partial charge >= 0.3 is 6.18 Å². The van der Waals surface area contributed by atoms with Crippen LogP contribution in [0.5, 0.6) is 0 Å². The third kappa shape index (κ3) is 4.89. The Balaban J connectivity index is 1.80. The van der Waals surface area contributed by atoms with Crippen LogP contribution in [-0.4, -0.2) is 15.7 Å². The second-order valence-corrected chi connectivity index (χ2v) is 6.30. The molecule has 0 aliphatic heterocycles. The zero-order chi connectivity index (χ0) is 19.4. The minimum absolute atomic E-state index is 0.333. The Bertz CT molecular complexity index is 925. The van der Waals surface area contributed by atoms with Crippen LogP contribution in [0.3, 0.4) is 0 Å². The lowest BCUT2D eigenvalue weighted by atomic mass is 9.98.